The molecule has 1 N–H and O–H groups in total. The number of hydrogen-bond donors (Lipinski definition) is 1. The molecule has 0 saturated carbocycles. The van der Waals surface area contributed by atoms with Crippen molar-refractivity contribution in [3.05, 3.63) is 63.0 Å². The molecule has 2 aromatic rings. The summed E-state index contributed by atoms with van der Waals surface area (Å²) in [7, 11) is 1.64. The van der Waals surface area contributed by atoms with Gasteiger partial charge in [-0.25, -0.2) is 9.79 Å². The minimum Gasteiger partial charge on any atom is -0.489 e. The molecular weight excluding hydrogens is 436 g/mol. The number of likely N-dealkylation sites (N-methyl/N-ethyl adjacent to an activating group) is 1. The summed E-state index contributed by atoms with van der Waals surface area (Å²) in [6, 6.07) is 10.1. The molecule has 8 heteroatoms. The molecular formula is C23H23ClN2O4S. The molecule has 1 fully saturated rings. The Hall–Kier alpha value is -2.77. The Morgan fingerprint density at radius 2 is 2.06 bits per heavy atom. The van der Waals surface area contributed by atoms with E-state index >= 15 is 0 Å². The molecule has 0 aliphatic carbocycles. The molecule has 0 radical (unpaired) electrons. The highest BCUT2D eigenvalue weighted by atomic mass is 35.5. The average molecular weight is 459 g/mol. The number of nitrogens with zero attached hydrogens (tertiary/aromatic N) is 2. The van der Waals surface area contributed by atoms with Crippen LogP contribution in [-0.4, -0.2) is 40.2 Å². The number of amides is 1. The first-order valence-electron chi connectivity index (χ1n) is 9.76. The normalized spacial score (nSPS) is 17.5. The van der Waals surface area contributed by atoms with Crippen LogP contribution in [0, 0.1) is 6.92 Å². The minimum atomic E-state index is -1.02. The fraction of sp³-hybridized carbons (Fsp3) is 0.261. The van der Waals surface area contributed by atoms with Crippen LogP contribution in [0.15, 0.2) is 46.3 Å². The van der Waals surface area contributed by atoms with Gasteiger partial charge in [-0.15, -0.1) is 0 Å². The summed E-state index contributed by atoms with van der Waals surface area (Å²) in [6.07, 6.45) is 2.69. The van der Waals surface area contributed by atoms with Crippen LogP contribution in [-0.2, 0) is 4.79 Å². The topological polar surface area (TPSA) is 79.2 Å². The van der Waals surface area contributed by atoms with Gasteiger partial charge in [0.05, 0.1) is 27.3 Å². The van der Waals surface area contributed by atoms with Crippen LogP contribution in [0.1, 0.15) is 41.8 Å². The summed E-state index contributed by atoms with van der Waals surface area (Å²) in [6.45, 7) is 5.86. The van der Waals surface area contributed by atoms with E-state index in [0.717, 1.165) is 17.5 Å². The van der Waals surface area contributed by atoms with E-state index in [0.29, 0.717) is 26.5 Å². The van der Waals surface area contributed by atoms with E-state index in [1.165, 1.54) is 28.8 Å². The zero-order valence-electron chi connectivity index (χ0n) is 17.7. The monoisotopic (exact) mass is 458 g/mol. The lowest BCUT2D eigenvalue weighted by molar-refractivity contribution is -0.121. The zero-order chi connectivity index (χ0) is 22.7. The molecule has 162 valence electrons. The molecule has 0 bridgehead atoms. The summed E-state index contributed by atoms with van der Waals surface area (Å²) >= 11 is 7.58. The van der Waals surface area contributed by atoms with E-state index in [4.69, 9.17) is 16.3 Å². The molecule has 6 nitrogen and oxygen atoms in total. The molecule has 1 saturated heterocycles. The van der Waals surface area contributed by atoms with Crippen molar-refractivity contribution in [1.29, 1.82) is 0 Å². The number of aromatic carboxylic acids is 1. The predicted octanol–water partition coefficient (Wildman–Crippen LogP) is 5.76. The van der Waals surface area contributed by atoms with Crippen LogP contribution in [0.5, 0.6) is 5.75 Å². The Kier molecular flexibility index (Phi) is 7.08. The molecule has 1 atom stereocenters. The smallest absolute Gasteiger partial charge is 0.335 e. The molecule has 3 rings (SSSR count). The number of carbonyl (C=O) groups excluding carboxylic acids is 1. The van der Waals surface area contributed by atoms with Crippen molar-refractivity contribution in [2.75, 3.05) is 7.05 Å². The summed E-state index contributed by atoms with van der Waals surface area (Å²) in [5.74, 6) is -0.605. The molecule has 2 aromatic carbocycles. The number of rotatable bonds is 6. The van der Waals surface area contributed by atoms with Gasteiger partial charge in [-0.3, -0.25) is 9.69 Å². The maximum absolute atomic E-state index is 12.7. The number of carbonyl (C=O) groups is 2. The first-order chi connectivity index (χ1) is 14.7. The van der Waals surface area contributed by atoms with E-state index in [1.807, 2.05) is 26.8 Å². The first-order valence-corrected chi connectivity index (χ1v) is 11.0. The summed E-state index contributed by atoms with van der Waals surface area (Å²) in [4.78, 5) is 30.4. The molecule has 0 unspecified atom stereocenters. The van der Waals surface area contributed by atoms with Crippen LogP contribution in [0.25, 0.3) is 6.08 Å². The van der Waals surface area contributed by atoms with Crippen molar-refractivity contribution in [3.8, 4) is 5.75 Å². The van der Waals surface area contributed by atoms with E-state index in [1.54, 1.807) is 31.3 Å². The first kappa shape index (κ1) is 22.9. The molecule has 1 heterocycles. The fourth-order valence-electron chi connectivity index (χ4n) is 2.77. The van der Waals surface area contributed by atoms with E-state index in [9.17, 15) is 14.7 Å². The SMILES string of the molecule is CC[C@@H](C)Oc1ccc(/C=C2\SC(=Nc3cc(C(=O)O)ccc3C)N(C)C2=O)cc1Cl. The lowest BCUT2D eigenvalue weighted by atomic mass is 10.1. The number of hydrogen-bond acceptors (Lipinski definition) is 5. The molecule has 1 aliphatic heterocycles. The second kappa shape index (κ2) is 9.58. The minimum absolute atomic E-state index is 0.0594. The number of thioether (sulfide) groups is 1. The third kappa shape index (κ3) is 5.29. The third-order valence-electron chi connectivity index (χ3n) is 4.83. The third-order valence-corrected chi connectivity index (χ3v) is 6.19. The lowest BCUT2D eigenvalue weighted by Crippen LogP contribution is -2.23. The highest BCUT2D eigenvalue weighted by molar-refractivity contribution is 8.18. The second-order valence-corrected chi connectivity index (χ2v) is 8.62. The van der Waals surface area contributed by atoms with Crippen molar-refractivity contribution in [2.24, 2.45) is 4.99 Å². The van der Waals surface area contributed by atoms with Gasteiger partial charge in [0.25, 0.3) is 5.91 Å². The highest BCUT2D eigenvalue weighted by Gasteiger charge is 2.30. The quantitative estimate of drug-likeness (QED) is 0.557. The fourth-order valence-corrected chi connectivity index (χ4v) is 3.98. The van der Waals surface area contributed by atoms with Crippen LogP contribution < -0.4 is 4.74 Å². The van der Waals surface area contributed by atoms with Crippen LogP contribution in [0.3, 0.4) is 0 Å². The van der Waals surface area contributed by atoms with Crippen LogP contribution in [0.2, 0.25) is 5.02 Å². The van der Waals surface area contributed by atoms with Crippen molar-refractivity contribution in [2.45, 2.75) is 33.3 Å². The molecule has 31 heavy (non-hydrogen) atoms. The number of ether oxygens (including phenoxy) is 1. The molecule has 0 aromatic heterocycles. The van der Waals surface area contributed by atoms with Crippen LogP contribution in [0.4, 0.5) is 5.69 Å². The van der Waals surface area contributed by atoms with Gasteiger partial charge in [-0.1, -0.05) is 30.7 Å². The Morgan fingerprint density at radius 1 is 1.32 bits per heavy atom. The van der Waals surface area contributed by atoms with Crippen molar-refractivity contribution >= 4 is 52.2 Å². The van der Waals surface area contributed by atoms with Crippen molar-refractivity contribution in [3.63, 3.8) is 0 Å². The van der Waals surface area contributed by atoms with Gasteiger partial charge in [-0.2, -0.15) is 0 Å². The van der Waals surface area contributed by atoms with Crippen molar-refractivity contribution < 1.29 is 19.4 Å². The number of carboxylic acids is 1. The van der Waals surface area contributed by atoms with Gasteiger partial charge in [0.2, 0.25) is 0 Å². The molecule has 0 spiro atoms. The Morgan fingerprint density at radius 3 is 2.71 bits per heavy atom. The van der Waals surface area contributed by atoms with Gasteiger partial charge in [0.1, 0.15) is 5.75 Å². The lowest BCUT2D eigenvalue weighted by Gasteiger charge is -2.14. The Bertz CT molecular complexity index is 1100. The van der Waals surface area contributed by atoms with E-state index in [-0.39, 0.29) is 17.6 Å². The van der Waals surface area contributed by atoms with Crippen LogP contribution >= 0.6 is 23.4 Å². The van der Waals surface area contributed by atoms with Gasteiger partial charge in [0.15, 0.2) is 5.17 Å². The predicted molar refractivity (Wildman–Crippen MR) is 125 cm³/mol. The second-order valence-electron chi connectivity index (χ2n) is 7.20. The van der Waals surface area contributed by atoms with Crippen molar-refractivity contribution in [1.82, 2.24) is 4.90 Å². The zero-order valence-corrected chi connectivity index (χ0v) is 19.3. The number of benzene rings is 2. The Labute approximate surface area is 190 Å². The maximum Gasteiger partial charge on any atom is 0.335 e. The summed E-state index contributed by atoms with van der Waals surface area (Å²) in [5, 5.41) is 10.2. The average Bonchev–Trinajstić information content (AvgIpc) is 2.99. The number of aryl methyl sites for hydroxylation is 1. The number of aliphatic imine (C=N–C) groups is 1. The van der Waals surface area contributed by atoms with Gasteiger partial charge >= 0.3 is 5.97 Å². The van der Waals surface area contributed by atoms with Gasteiger partial charge < -0.3 is 9.84 Å². The van der Waals surface area contributed by atoms with E-state index < -0.39 is 5.97 Å². The number of halogens is 1. The van der Waals surface area contributed by atoms with E-state index in [2.05, 4.69) is 4.99 Å². The molecule has 1 aliphatic rings. The number of amidine groups is 1. The standard InChI is InChI=1S/C23H23ClN2O4S/c1-5-14(3)30-19-9-7-15(10-17(19)24)11-20-21(27)26(4)23(31-20)25-18-12-16(22(28)29)8-6-13(18)2/h6-12,14H,5H2,1-4H3,(H,28,29)/b20-11-,25-23?/t14-/m1/s1. The van der Waals surface area contributed by atoms with Gasteiger partial charge in [-0.05, 0) is 73.5 Å². The maximum atomic E-state index is 12.7. The number of carboxylic acid groups (broad SMARTS) is 1. The molecule has 1 amide bonds. The summed E-state index contributed by atoms with van der Waals surface area (Å²) < 4.78 is 5.78. The summed E-state index contributed by atoms with van der Waals surface area (Å²) in [5.41, 5.74) is 2.25. The highest BCUT2D eigenvalue weighted by Crippen LogP contribution is 2.35. The largest absolute Gasteiger partial charge is 0.489 e. The Balaban J connectivity index is 1.87. The van der Waals surface area contributed by atoms with Gasteiger partial charge in [0, 0.05) is 7.05 Å².